The Morgan fingerprint density at radius 1 is 1.19 bits per heavy atom. The van der Waals surface area contributed by atoms with Crippen molar-refractivity contribution in [1.82, 2.24) is 19.7 Å². The Bertz CT molecular complexity index is 1020. The predicted molar refractivity (Wildman–Crippen MR) is 108 cm³/mol. The van der Waals surface area contributed by atoms with Crippen LogP contribution in [0.1, 0.15) is 47.9 Å². The Hall–Kier alpha value is -2.95. The average Bonchev–Trinajstić information content (AvgIpc) is 3.10. The van der Waals surface area contributed by atoms with Crippen molar-refractivity contribution in [1.29, 1.82) is 0 Å². The van der Waals surface area contributed by atoms with Crippen LogP contribution in [-0.4, -0.2) is 38.7 Å². The Morgan fingerprint density at radius 2 is 1.96 bits per heavy atom. The van der Waals surface area contributed by atoms with Crippen molar-refractivity contribution < 1.29 is 4.79 Å². The minimum atomic E-state index is 0.0440. The van der Waals surface area contributed by atoms with Gasteiger partial charge in [0.05, 0.1) is 17.5 Å². The van der Waals surface area contributed by atoms with Crippen LogP contribution in [0, 0.1) is 6.92 Å². The van der Waals surface area contributed by atoms with Crippen molar-refractivity contribution in [3.8, 4) is 0 Å². The summed E-state index contributed by atoms with van der Waals surface area (Å²) in [6.45, 7) is 7.41. The number of amides is 1. The molecule has 0 radical (unpaired) electrons. The quantitative estimate of drug-likeness (QED) is 0.702. The number of aryl methyl sites for hydroxylation is 1. The second kappa shape index (κ2) is 6.99. The first-order valence-corrected chi connectivity index (χ1v) is 9.43. The molecule has 0 saturated heterocycles. The van der Waals surface area contributed by atoms with Gasteiger partial charge in [0.1, 0.15) is 0 Å². The summed E-state index contributed by atoms with van der Waals surface area (Å²) >= 11 is 0. The summed E-state index contributed by atoms with van der Waals surface area (Å²) in [6, 6.07) is 12.5. The summed E-state index contributed by atoms with van der Waals surface area (Å²) in [5.74, 6) is 0.0440. The zero-order valence-electron chi connectivity index (χ0n) is 16.0. The summed E-state index contributed by atoms with van der Waals surface area (Å²) in [4.78, 5) is 19.6. The van der Waals surface area contributed by atoms with Gasteiger partial charge in [0.2, 0.25) is 0 Å². The van der Waals surface area contributed by atoms with E-state index in [0.717, 1.165) is 29.7 Å². The highest BCUT2D eigenvalue weighted by Crippen LogP contribution is 2.25. The van der Waals surface area contributed by atoms with Crippen molar-refractivity contribution in [2.24, 2.45) is 0 Å². The lowest BCUT2D eigenvalue weighted by Gasteiger charge is -2.27. The van der Waals surface area contributed by atoms with Crippen LogP contribution in [-0.2, 0) is 0 Å². The number of carbonyl (C=O) groups is 1. The van der Waals surface area contributed by atoms with Crippen molar-refractivity contribution in [2.75, 3.05) is 13.1 Å². The summed E-state index contributed by atoms with van der Waals surface area (Å²) in [7, 11) is 0. The zero-order chi connectivity index (χ0) is 19.0. The molecule has 0 bridgehead atoms. The van der Waals surface area contributed by atoms with Crippen LogP contribution in [0.2, 0.25) is 0 Å². The molecular formula is C22H24N4O. The van der Waals surface area contributed by atoms with E-state index in [1.165, 1.54) is 11.1 Å². The number of hydrogen-bond donors (Lipinski definition) is 0. The molecule has 4 rings (SSSR count). The van der Waals surface area contributed by atoms with E-state index >= 15 is 0 Å². The molecule has 1 amide bonds. The third-order valence-corrected chi connectivity index (χ3v) is 5.12. The number of carbonyl (C=O) groups excluding carboxylic acids is 1. The van der Waals surface area contributed by atoms with Gasteiger partial charge in [0.25, 0.3) is 5.91 Å². The smallest absolute Gasteiger partial charge is 0.256 e. The molecule has 5 nitrogen and oxygen atoms in total. The monoisotopic (exact) mass is 360 g/mol. The van der Waals surface area contributed by atoms with Gasteiger partial charge in [-0.3, -0.25) is 4.79 Å². The molecule has 0 N–H and O–H groups in total. The summed E-state index contributed by atoms with van der Waals surface area (Å²) in [6.07, 6.45) is 4.83. The molecule has 0 atom stereocenters. The van der Waals surface area contributed by atoms with Crippen LogP contribution in [0.3, 0.4) is 0 Å². The number of hydrogen-bond acceptors (Lipinski definition) is 3. The highest BCUT2D eigenvalue weighted by atomic mass is 16.2. The van der Waals surface area contributed by atoms with Gasteiger partial charge in [-0.05, 0) is 44.4 Å². The van der Waals surface area contributed by atoms with Crippen molar-refractivity contribution in [2.45, 2.75) is 33.2 Å². The van der Waals surface area contributed by atoms with Crippen LogP contribution in [0.5, 0.6) is 0 Å². The summed E-state index contributed by atoms with van der Waals surface area (Å²) < 4.78 is 1.90. The molecule has 1 aromatic carbocycles. The number of fused-ring (bicyclic) bond motifs is 1. The lowest BCUT2D eigenvalue weighted by Crippen LogP contribution is -2.35. The molecule has 0 spiro atoms. The molecular weight excluding hydrogens is 336 g/mol. The number of rotatable bonds is 3. The maximum atomic E-state index is 13.1. The van der Waals surface area contributed by atoms with Crippen LogP contribution in [0.4, 0.5) is 0 Å². The van der Waals surface area contributed by atoms with Crippen molar-refractivity contribution >= 4 is 22.5 Å². The Labute approximate surface area is 159 Å². The van der Waals surface area contributed by atoms with Crippen molar-refractivity contribution in [3.05, 3.63) is 65.5 Å². The summed E-state index contributed by atoms with van der Waals surface area (Å²) in [5.41, 5.74) is 4.81. The third kappa shape index (κ3) is 3.25. The fourth-order valence-electron chi connectivity index (χ4n) is 3.60. The minimum Gasteiger partial charge on any atom is -0.335 e. The zero-order valence-corrected chi connectivity index (χ0v) is 16.0. The molecule has 0 unspecified atom stereocenters. The lowest BCUT2D eigenvalue weighted by atomic mass is 9.99. The largest absolute Gasteiger partial charge is 0.335 e. The number of aromatic nitrogens is 3. The Morgan fingerprint density at radius 3 is 2.63 bits per heavy atom. The summed E-state index contributed by atoms with van der Waals surface area (Å²) in [5, 5.41) is 5.32. The van der Waals surface area contributed by atoms with E-state index in [-0.39, 0.29) is 11.9 Å². The molecule has 0 fully saturated rings. The Balaban J connectivity index is 1.58. The van der Waals surface area contributed by atoms with E-state index in [1.54, 1.807) is 6.20 Å². The number of nitrogens with zero attached hydrogens (tertiary/aromatic N) is 4. The maximum Gasteiger partial charge on any atom is 0.256 e. The van der Waals surface area contributed by atoms with Crippen LogP contribution in [0.25, 0.3) is 16.6 Å². The molecule has 138 valence electrons. The third-order valence-electron chi connectivity index (χ3n) is 5.12. The molecule has 3 heterocycles. The first-order chi connectivity index (χ1) is 13.0. The SMILES string of the molecule is Cc1nc2c(cnn2C(C)C)cc1C(=O)N1CC=C(c2ccccc2)CC1. The average molecular weight is 360 g/mol. The minimum absolute atomic E-state index is 0.0440. The molecule has 27 heavy (non-hydrogen) atoms. The fraction of sp³-hybridized carbons (Fsp3) is 0.318. The number of pyridine rings is 1. The first kappa shape index (κ1) is 17.5. The van der Waals surface area contributed by atoms with Crippen LogP contribution < -0.4 is 0 Å². The van der Waals surface area contributed by atoms with Gasteiger partial charge in [-0.2, -0.15) is 5.10 Å². The van der Waals surface area contributed by atoms with E-state index in [9.17, 15) is 4.79 Å². The molecule has 5 heteroatoms. The van der Waals surface area contributed by atoms with Gasteiger partial charge in [0.15, 0.2) is 5.65 Å². The lowest BCUT2D eigenvalue weighted by molar-refractivity contribution is 0.0772. The predicted octanol–water partition coefficient (Wildman–Crippen LogP) is 4.25. The first-order valence-electron chi connectivity index (χ1n) is 9.43. The fourth-order valence-corrected chi connectivity index (χ4v) is 3.60. The van der Waals surface area contributed by atoms with E-state index in [1.807, 2.05) is 28.6 Å². The van der Waals surface area contributed by atoms with Crippen molar-refractivity contribution in [3.63, 3.8) is 0 Å². The van der Waals surface area contributed by atoms with Crippen LogP contribution in [0.15, 0.2) is 48.7 Å². The number of benzene rings is 1. The van der Waals surface area contributed by atoms with Gasteiger partial charge in [-0.15, -0.1) is 0 Å². The normalized spacial score (nSPS) is 14.7. The highest BCUT2D eigenvalue weighted by Gasteiger charge is 2.22. The molecule has 0 aliphatic carbocycles. The topological polar surface area (TPSA) is 51.0 Å². The van der Waals surface area contributed by atoms with E-state index in [2.05, 4.69) is 54.3 Å². The molecule has 1 aliphatic rings. The van der Waals surface area contributed by atoms with E-state index < -0.39 is 0 Å². The highest BCUT2D eigenvalue weighted by molar-refractivity contribution is 5.98. The second-order valence-electron chi connectivity index (χ2n) is 7.31. The Kier molecular flexibility index (Phi) is 4.52. The van der Waals surface area contributed by atoms with Gasteiger partial charge >= 0.3 is 0 Å². The van der Waals surface area contributed by atoms with E-state index in [0.29, 0.717) is 12.1 Å². The van der Waals surface area contributed by atoms with Gasteiger partial charge in [-0.25, -0.2) is 9.67 Å². The molecule has 2 aromatic heterocycles. The van der Waals surface area contributed by atoms with E-state index in [4.69, 9.17) is 0 Å². The van der Waals surface area contributed by atoms with Gasteiger partial charge < -0.3 is 4.90 Å². The maximum absolute atomic E-state index is 13.1. The second-order valence-corrected chi connectivity index (χ2v) is 7.31. The molecule has 3 aromatic rings. The van der Waals surface area contributed by atoms with Gasteiger partial charge in [-0.1, -0.05) is 36.4 Å². The van der Waals surface area contributed by atoms with Crippen LogP contribution >= 0.6 is 0 Å². The molecule has 1 aliphatic heterocycles. The standard InChI is InChI=1S/C22H24N4O/c1-15(2)26-21-19(14-23-26)13-20(16(3)24-21)22(27)25-11-9-18(10-12-25)17-7-5-4-6-8-17/h4-9,13-15H,10-12H2,1-3H3. The molecule has 0 saturated carbocycles. The van der Waals surface area contributed by atoms with Gasteiger partial charge in [0, 0.05) is 24.5 Å².